The molecule has 0 spiro atoms. The van der Waals surface area contributed by atoms with Crippen LogP contribution in [-0.2, 0) is 10.0 Å². The van der Waals surface area contributed by atoms with Gasteiger partial charge >= 0.3 is 0 Å². The number of azo groups is 1. The SMILES string of the molecule is O=S(=O)(Nc1ccc(N=Nc2ccccc2)cc1)c1cccc2cccc(Cl)c12. The molecule has 5 nitrogen and oxygen atoms in total. The van der Waals surface area contributed by atoms with Crippen molar-refractivity contribution in [3.63, 3.8) is 0 Å². The van der Waals surface area contributed by atoms with Crippen LogP contribution in [0.5, 0.6) is 0 Å². The summed E-state index contributed by atoms with van der Waals surface area (Å²) >= 11 is 6.26. The molecule has 144 valence electrons. The third kappa shape index (κ3) is 4.29. The van der Waals surface area contributed by atoms with Crippen molar-refractivity contribution in [2.75, 3.05) is 4.72 Å². The number of anilines is 1. The molecular formula is C22H16ClN3O2S. The monoisotopic (exact) mass is 421 g/mol. The number of fused-ring (bicyclic) bond motifs is 1. The largest absolute Gasteiger partial charge is 0.280 e. The molecule has 0 bridgehead atoms. The molecule has 4 rings (SSSR count). The van der Waals surface area contributed by atoms with E-state index in [1.54, 1.807) is 48.5 Å². The summed E-state index contributed by atoms with van der Waals surface area (Å²) in [6, 6.07) is 26.4. The fourth-order valence-corrected chi connectivity index (χ4v) is 4.55. The van der Waals surface area contributed by atoms with Crippen LogP contribution >= 0.6 is 11.6 Å². The molecule has 1 N–H and O–H groups in total. The first-order valence-electron chi connectivity index (χ1n) is 8.80. The second kappa shape index (κ2) is 8.03. The number of rotatable bonds is 5. The molecule has 0 radical (unpaired) electrons. The van der Waals surface area contributed by atoms with Crippen LogP contribution < -0.4 is 4.72 Å². The highest BCUT2D eigenvalue weighted by molar-refractivity contribution is 7.93. The van der Waals surface area contributed by atoms with Gasteiger partial charge in [-0.3, -0.25) is 4.72 Å². The quantitative estimate of drug-likeness (QED) is 0.364. The van der Waals surface area contributed by atoms with E-state index in [4.69, 9.17) is 11.6 Å². The lowest BCUT2D eigenvalue weighted by atomic mass is 10.1. The van der Waals surface area contributed by atoms with Crippen molar-refractivity contribution < 1.29 is 8.42 Å². The van der Waals surface area contributed by atoms with Crippen LogP contribution in [0.15, 0.2) is 106 Å². The molecule has 7 heteroatoms. The minimum Gasteiger partial charge on any atom is -0.280 e. The number of halogens is 1. The molecule has 0 aliphatic rings. The molecule has 0 aliphatic heterocycles. The highest BCUT2D eigenvalue weighted by Gasteiger charge is 2.19. The van der Waals surface area contributed by atoms with Crippen molar-refractivity contribution >= 4 is 49.5 Å². The van der Waals surface area contributed by atoms with Crippen molar-refractivity contribution in [3.8, 4) is 0 Å². The summed E-state index contributed by atoms with van der Waals surface area (Å²) in [6.07, 6.45) is 0. The Bertz CT molecular complexity index is 1280. The van der Waals surface area contributed by atoms with Gasteiger partial charge in [-0.15, -0.1) is 0 Å². The molecule has 4 aromatic rings. The van der Waals surface area contributed by atoms with Crippen molar-refractivity contribution in [1.82, 2.24) is 0 Å². The molecule has 0 saturated heterocycles. The van der Waals surface area contributed by atoms with E-state index < -0.39 is 10.0 Å². The van der Waals surface area contributed by atoms with E-state index in [0.29, 0.717) is 21.8 Å². The van der Waals surface area contributed by atoms with E-state index in [2.05, 4.69) is 15.0 Å². The Balaban J connectivity index is 1.59. The van der Waals surface area contributed by atoms with Crippen LogP contribution in [0.1, 0.15) is 0 Å². The van der Waals surface area contributed by atoms with Gasteiger partial charge in [-0.25, -0.2) is 8.42 Å². The lowest BCUT2D eigenvalue weighted by molar-refractivity contribution is 0.602. The Hall–Kier alpha value is -3.22. The maximum atomic E-state index is 13.0. The normalized spacial score (nSPS) is 11.8. The smallest absolute Gasteiger partial charge is 0.262 e. The fraction of sp³-hybridized carbons (Fsp3) is 0. The van der Waals surface area contributed by atoms with Crippen molar-refractivity contribution in [3.05, 3.63) is 96.0 Å². The Labute approximate surface area is 173 Å². The molecule has 0 atom stereocenters. The zero-order chi connectivity index (χ0) is 20.3. The molecule has 0 aromatic heterocycles. The third-order valence-corrected chi connectivity index (χ3v) is 6.00. The topological polar surface area (TPSA) is 70.9 Å². The Morgan fingerprint density at radius 1 is 0.690 bits per heavy atom. The highest BCUT2D eigenvalue weighted by Crippen LogP contribution is 2.31. The number of nitrogens with zero attached hydrogens (tertiary/aromatic N) is 2. The van der Waals surface area contributed by atoms with Gasteiger partial charge in [0.25, 0.3) is 10.0 Å². The van der Waals surface area contributed by atoms with Gasteiger partial charge in [0, 0.05) is 16.1 Å². The molecule has 0 amide bonds. The molecule has 4 aromatic carbocycles. The van der Waals surface area contributed by atoms with E-state index in [9.17, 15) is 8.42 Å². The number of benzene rings is 4. The zero-order valence-electron chi connectivity index (χ0n) is 15.2. The zero-order valence-corrected chi connectivity index (χ0v) is 16.7. The van der Waals surface area contributed by atoms with E-state index in [1.807, 2.05) is 42.5 Å². The van der Waals surface area contributed by atoms with E-state index in [1.165, 1.54) is 0 Å². The summed E-state index contributed by atoms with van der Waals surface area (Å²) in [6.45, 7) is 0. The summed E-state index contributed by atoms with van der Waals surface area (Å²) in [5.74, 6) is 0. The van der Waals surface area contributed by atoms with Gasteiger partial charge in [-0.2, -0.15) is 10.2 Å². The second-order valence-corrected chi connectivity index (χ2v) is 8.34. The van der Waals surface area contributed by atoms with Crippen LogP contribution in [0.2, 0.25) is 5.02 Å². The maximum absolute atomic E-state index is 13.0. The first-order chi connectivity index (χ1) is 14.0. The predicted molar refractivity (Wildman–Crippen MR) is 117 cm³/mol. The number of sulfonamides is 1. The molecule has 0 unspecified atom stereocenters. The Morgan fingerprint density at radius 3 is 2.00 bits per heavy atom. The second-order valence-electron chi connectivity index (χ2n) is 6.28. The number of nitrogens with one attached hydrogen (secondary N) is 1. The summed E-state index contributed by atoms with van der Waals surface area (Å²) in [5.41, 5.74) is 1.78. The number of hydrogen-bond acceptors (Lipinski definition) is 4. The van der Waals surface area contributed by atoms with Gasteiger partial charge in [0.1, 0.15) is 0 Å². The predicted octanol–water partition coefficient (Wildman–Crippen LogP) is 6.71. The minimum absolute atomic E-state index is 0.133. The average molecular weight is 422 g/mol. The lowest BCUT2D eigenvalue weighted by Crippen LogP contribution is -2.13. The van der Waals surface area contributed by atoms with Gasteiger partial charge in [0.15, 0.2) is 0 Å². The molecule has 0 aliphatic carbocycles. The van der Waals surface area contributed by atoms with Gasteiger partial charge in [-0.1, -0.05) is 54.1 Å². The summed E-state index contributed by atoms with van der Waals surface area (Å²) in [7, 11) is -3.82. The summed E-state index contributed by atoms with van der Waals surface area (Å²) < 4.78 is 28.5. The highest BCUT2D eigenvalue weighted by atomic mass is 35.5. The molecule has 0 saturated carbocycles. The van der Waals surface area contributed by atoms with Gasteiger partial charge in [0.2, 0.25) is 0 Å². The van der Waals surface area contributed by atoms with Crippen LogP contribution in [0.25, 0.3) is 10.8 Å². The third-order valence-electron chi connectivity index (χ3n) is 4.26. The molecular weight excluding hydrogens is 406 g/mol. The molecule has 0 fully saturated rings. The summed E-state index contributed by atoms with van der Waals surface area (Å²) in [5, 5.41) is 9.95. The van der Waals surface area contributed by atoms with Crippen LogP contribution in [-0.4, -0.2) is 8.42 Å². The molecule has 29 heavy (non-hydrogen) atoms. The standard InChI is InChI=1S/C22H16ClN3O2S/c23-20-10-4-6-16-7-5-11-21(22(16)20)29(27,28)26-19-14-12-18(13-15-19)25-24-17-8-2-1-3-9-17/h1-15,26H. The van der Waals surface area contributed by atoms with Crippen LogP contribution in [0.3, 0.4) is 0 Å². The van der Waals surface area contributed by atoms with Gasteiger partial charge < -0.3 is 0 Å². The minimum atomic E-state index is -3.82. The molecule has 0 heterocycles. The van der Waals surface area contributed by atoms with Crippen LogP contribution in [0.4, 0.5) is 17.1 Å². The van der Waals surface area contributed by atoms with Crippen LogP contribution in [0, 0.1) is 0 Å². The van der Waals surface area contributed by atoms with Gasteiger partial charge in [-0.05, 0) is 53.9 Å². The van der Waals surface area contributed by atoms with Crippen molar-refractivity contribution in [1.29, 1.82) is 0 Å². The van der Waals surface area contributed by atoms with Gasteiger partial charge in [0.05, 0.1) is 16.3 Å². The van der Waals surface area contributed by atoms with Crippen molar-refractivity contribution in [2.24, 2.45) is 10.2 Å². The first-order valence-corrected chi connectivity index (χ1v) is 10.7. The maximum Gasteiger partial charge on any atom is 0.262 e. The summed E-state index contributed by atoms with van der Waals surface area (Å²) in [4.78, 5) is 0.133. The Morgan fingerprint density at radius 2 is 1.31 bits per heavy atom. The fourth-order valence-electron chi connectivity index (χ4n) is 2.90. The van der Waals surface area contributed by atoms with E-state index >= 15 is 0 Å². The average Bonchev–Trinajstić information content (AvgIpc) is 2.74. The van der Waals surface area contributed by atoms with E-state index in [0.717, 1.165) is 11.1 Å². The first kappa shape index (κ1) is 19.1. The lowest BCUT2D eigenvalue weighted by Gasteiger charge is -2.11. The van der Waals surface area contributed by atoms with Crippen molar-refractivity contribution in [2.45, 2.75) is 4.90 Å². The number of hydrogen-bond donors (Lipinski definition) is 1. The van der Waals surface area contributed by atoms with E-state index in [-0.39, 0.29) is 4.90 Å². The Kier molecular flexibility index (Phi) is 5.29.